The predicted octanol–water partition coefficient (Wildman–Crippen LogP) is 3.25. The Bertz CT molecular complexity index is 421. The highest BCUT2D eigenvalue weighted by molar-refractivity contribution is 9.10. The summed E-state index contributed by atoms with van der Waals surface area (Å²) >= 11 is 3.27. The lowest BCUT2D eigenvalue weighted by Crippen LogP contribution is -2.12. The monoisotopic (exact) mass is 329 g/mol. The number of hydrogen-bond donors (Lipinski definition) is 1. The van der Waals surface area contributed by atoms with E-state index in [0.29, 0.717) is 34.9 Å². The maximum Gasteiger partial charge on any atom is 0.339 e. The molecule has 0 aromatic heterocycles. The van der Waals surface area contributed by atoms with Gasteiger partial charge in [0, 0.05) is 12.3 Å². The van der Waals surface area contributed by atoms with Gasteiger partial charge in [0.25, 0.3) is 0 Å². The smallest absolute Gasteiger partial charge is 0.339 e. The number of nitrogen functional groups attached to an aromatic ring is 1. The predicted molar refractivity (Wildman–Crippen MR) is 79.1 cm³/mol. The lowest BCUT2D eigenvalue weighted by atomic mass is 10.1. The molecule has 1 aromatic carbocycles. The molecule has 0 amide bonds. The van der Waals surface area contributed by atoms with Crippen LogP contribution >= 0.6 is 15.9 Å². The van der Waals surface area contributed by atoms with E-state index in [2.05, 4.69) is 29.8 Å². The van der Waals surface area contributed by atoms with Gasteiger partial charge in [-0.25, -0.2) is 4.79 Å². The highest BCUT2D eigenvalue weighted by atomic mass is 79.9. The van der Waals surface area contributed by atoms with Crippen molar-refractivity contribution in [2.75, 3.05) is 25.6 Å². The maximum absolute atomic E-state index is 11.8. The molecule has 1 rings (SSSR count). The largest absolute Gasteiger partial charge is 0.460 e. The number of benzene rings is 1. The molecule has 0 aliphatic rings. The van der Waals surface area contributed by atoms with E-state index in [1.165, 1.54) is 0 Å². The molecule has 0 aliphatic heterocycles. The van der Waals surface area contributed by atoms with Crippen molar-refractivity contribution >= 4 is 27.6 Å². The van der Waals surface area contributed by atoms with Crippen LogP contribution < -0.4 is 5.73 Å². The molecule has 5 heteroatoms. The number of carbonyl (C=O) groups excluding carboxylic acids is 1. The molecule has 0 heterocycles. The van der Waals surface area contributed by atoms with E-state index < -0.39 is 5.97 Å². The quantitative estimate of drug-likeness (QED) is 0.474. The van der Waals surface area contributed by atoms with Crippen molar-refractivity contribution < 1.29 is 14.3 Å². The van der Waals surface area contributed by atoms with Crippen molar-refractivity contribution in [3.05, 3.63) is 28.2 Å². The van der Waals surface area contributed by atoms with Gasteiger partial charge in [0.05, 0.1) is 16.6 Å². The molecule has 0 atom stereocenters. The summed E-state index contributed by atoms with van der Waals surface area (Å²) in [5.74, 6) is 0.220. The van der Waals surface area contributed by atoms with Gasteiger partial charge in [-0.15, -0.1) is 0 Å². The van der Waals surface area contributed by atoms with Gasteiger partial charge in [0.1, 0.15) is 6.61 Å². The van der Waals surface area contributed by atoms with Crippen LogP contribution in [0.1, 0.15) is 30.6 Å². The Balaban J connectivity index is 2.30. The van der Waals surface area contributed by atoms with Crippen LogP contribution in [0, 0.1) is 5.92 Å². The second-order valence-corrected chi connectivity index (χ2v) is 5.43. The minimum atomic E-state index is -0.397. The first-order valence-corrected chi connectivity index (χ1v) is 7.10. The highest BCUT2D eigenvalue weighted by Crippen LogP contribution is 2.24. The second kappa shape index (κ2) is 8.17. The topological polar surface area (TPSA) is 61.5 Å². The van der Waals surface area contributed by atoms with E-state index in [1.54, 1.807) is 18.2 Å². The fourth-order valence-corrected chi connectivity index (χ4v) is 1.83. The Morgan fingerprint density at radius 3 is 2.74 bits per heavy atom. The number of anilines is 1. The Kier molecular flexibility index (Phi) is 6.87. The molecule has 0 bridgehead atoms. The zero-order valence-electron chi connectivity index (χ0n) is 11.3. The SMILES string of the molecule is CC(C)CCOCCOC(=O)c1cccc(N)c1Br. The van der Waals surface area contributed by atoms with Crippen molar-refractivity contribution in [2.45, 2.75) is 20.3 Å². The Morgan fingerprint density at radius 2 is 2.05 bits per heavy atom. The van der Waals surface area contributed by atoms with Crippen LogP contribution in [0.5, 0.6) is 0 Å². The van der Waals surface area contributed by atoms with Gasteiger partial charge in [-0.1, -0.05) is 19.9 Å². The third-order valence-electron chi connectivity index (χ3n) is 2.55. The number of ether oxygens (including phenoxy) is 2. The molecule has 0 spiro atoms. The molecule has 0 unspecified atom stereocenters. The lowest BCUT2D eigenvalue weighted by Gasteiger charge is -2.09. The van der Waals surface area contributed by atoms with Crippen LogP contribution in [-0.4, -0.2) is 25.8 Å². The van der Waals surface area contributed by atoms with Crippen LogP contribution in [-0.2, 0) is 9.47 Å². The van der Waals surface area contributed by atoms with Gasteiger partial charge < -0.3 is 15.2 Å². The minimum absolute atomic E-state index is 0.248. The van der Waals surface area contributed by atoms with Crippen LogP contribution in [0.15, 0.2) is 22.7 Å². The van der Waals surface area contributed by atoms with Gasteiger partial charge in [0.15, 0.2) is 0 Å². The summed E-state index contributed by atoms with van der Waals surface area (Å²) in [5, 5.41) is 0. The summed E-state index contributed by atoms with van der Waals surface area (Å²) in [6, 6.07) is 5.11. The van der Waals surface area contributed by atoms with Crippen molar-refractivity contribution in [1.82, 2.24) is 0 Å². The van der Waals surface area contributed by atoms with Crippen LogP contribution in [0.2, 0.25) is 0 Å². The normalized spacial score (nSPS) is 10.7. The van der Waals surface area contributed by atoms with Gasteiger partial charge >= 0.3 is 5.97 Å². The molecular weight excluding hydrogens is 310 g/mol. The van der Waals surface area contributed by atoms with Crippen LogP contribution in [0.4, 0.5) is 5.69 Å². The first kappa shape index (κ1) is 16.0. The molecule has 0 radical (unpaired) electrons. The van der Waals surface area contributed by atoms with Gasteiger partial charge in [0.2, 0.25) is 0 Å². The third kappa shape index (κ3) is 5.61. The van der Waals surface area contributed by atoms with Crippen LogP contribution in [0.3, 0.4) is 0 Å². The van der Waals surface area contributed by atoms with E-state index in [-0.39, 0.29) is 6.61 Å². The summed E-state index contributed by atoms with van der Waals surface area (Å²) in [7, 11) is 0. The molecule has 19 heavy (non-hydrogen) atoms. The van der Waals surface area contributed by atoms with Crippen LogP contribution in [0.25, 0.3) is 0 Å². The zero-order chi connectivity index (χ0) is 14.3. The van der Waals surface area contributed by atoms with Crippen molar-refractivity contribution in [1.29, 1.82) is 0 Å². The number of carbonyl (C=O) groups is 1. The Morgan fingerprint density at radius 1 is 1.32 bits per heavy atom. The Labute approximate surface area is 122 Å². The molecule has 2 N–H and O–H groups in total. The minimum Gasteiger partial charge on any atom is -0.460 e. The van der Waals surface area contributed by atoms with Gasteiger partial charge in [-0.2, -0.15) is 0 Å². The average Bonchev–Trinajstić information content (AvgIpc) is 2.36. The molecule has 0 fully saturated rings. The zero-order valence-corrected chi connectivity index (χ0v) is 12.9. The summed E-state index contributed by atoms with van der Waals surface area (Å²) in [5.41, 5.74) is 6.65. The molecule has 0 aliphatic carbocycles. The van der Waals surface area contributed by atoms with Crippen molar-refractivity contribution in [3.63, 3.8) is 0 Å². The molecule has 0 saturated carbocycles. The first-order valence-electron chi connectivity index (χ1n) is 6.31. The van der Waals surface area contributed by atoms with Crippen molar-refractivity contribution in [2.24, 2.45) is 5.92 Å². The Hall–Kier alpha value is -1.07. The van der Waals surface area contributed by atoms with E-state index >= 15 is 0 Å². The fourth-order valence-electron chi connectivity index (χ4n) is 1.40. The third-order valence-corrected chi connectivity index (χ3v) is 3.43. The summed E-state index contributed by atoms with van der Waals surface area (Å²) in [4.78, 5) is 11.8. The maximum atomic E-state index is 11.8. The summed E-state index contributed by atoms with van der Waals surface area (Å²) < 4.78 is 11.1. The number of hydrogen-bond acceptors (Lipinski definition) is 4. The molecule has 106 valence electrons. The summed E-state index contributed by atoms with van der Waals surface area (Å²) in [6.45, 7) is 5.63. The van der Waals surface area contributed by atoms with E-state index in [9.17, 15) is 4.79 Å². The van der Waals surface area contributed by atoms with Crippen molar-refractivity contribution in [3.8, 4) is 0 Å². The standard InChI is InChI=1S/C14H20BrNO3/c1-10(2)6-7-18-8-9-19-14(17)11-4-3-5-12(16)13(11)15/h3-5,10H,6-9,16H2,1-2H3. The number of halogens is 1. The summed E-state index contributed by atoms with van der Waals surface area (Å²) in [6.07, 6.45) is 1.01. The van der Waals surface area contributed by atoms with E-state index in [4.69, 9.17) is 15.2 Å². The molecule has 0 saturated heterocycles. The first-order chi connectivity index (χ1) is 9.02. The number of nitrogens with two attached hydrogens (primary N) is 1. The lowest BCUT2D eigenvalue weighted by molar-refractivity contribution is 0.0302. The molecule has 4 nitrogen and oxygen atoms in total. The number of rotatable bonds is 7. The average molecular weight is 330 g/mol. The van der Waals surface area contributed by atoms with E-state index in [0.717, 1.165) is 6.42 Å². The number of esters is 1. The molecular formula is C14H20BrNO3. The van der Waals surface area contributed by atoms with E-state index in [1.807, 2.05) is 0 Å². The van der Waals surface area contributed by atoms with Gasteiger partial charge in [-0.3, -0.25) is 0 Å². The highest BCUT2D eigenvalue weighted by Gasteiger charge is 2.12. The second-order valence-electron chi connectivity index (χ2n) is 4.64. The van der Waals surface area contributed by atoms with Gasteiger partial charge in [-0.05, 0) is 40.4 Å². The fraction of sp³-hybridized carbons (Fsp3) is 0.500. The molecule has 1 aromatic rings.